The maximum atomic E-state index is 11.9. The van der Waals surface area contributed by atoms with Crippen LogP contribution in [0.25, 0.3) is 0 Å². The molecule has 2 aliphatic rings. The Morgan fingerprint density at radius 1 is 1.29 bits per heavy atom. The lowest BCUT2D eigenvalue weighted by molar-refractivity contribution is -0.116. The quantitative estimate of drug-likeness (QED) is 0.798. The van der Waals surface area contributed by atoms with Crippen LogP contribution in [0.2, 0.25) is 0 Å². The maximum Gasteiger partial charge on any atom is 0.253 e. The maximum absolute atomic E-state index is 11.9. The van der Waals surface area contributed by atoms with Gasteiger partial charge >= 0.3 is 0 Å². The normalized spacial score (nSPS) is 19.5. The SMILES string of the molecule is COc1ccc(N2N=C(C3CC3)CC2=O)cc1. The molecule has 0 unspecified atom stereocenters. The van der Waals surface area contributed by atoms with Gasteiger partial charge in [-0.1, -0.05) is 0 Å². The summed E-state index contributed by atoms with van der Waals surface area (Å²) in [6.07, 6.45) is 2.85. The van der Waals surface area contributed by atoms with Crippen LogP contribution in [0.5, 0.6) is 5.75 Å². The molecule has 1 saturated carbocycles. The van der Waals surface area contributed by atoms with E-state index in [1.165, 1.54) is 17.9 Å². The molecule has 1 fully saturated rings. The van der Waals surface area contributed by atoms with Gasteiger partial charge in [0.15, 0.2) is 0 Å². The summed E-state index contributed by atoms with van der Waals surface area (Å²) >= 11 is 0. The summed E-state index contributed by atoms with van der Waals surface area (Å²) in [7, 11) is 1.62. The fourth-order valence-corrected chi connectivity index (χ4v) is 2.02. The van der Waals surface area contributed by atoms with Crippen molar-refractivity contribution in [2.45, 2.75) is 19.3 Å². The molecule has 0 bridgehead atoms. The Morgan fingerprint density at radius 3 is 2.59 bits per heavy atom. The lowest BCUT2D eigenvalue weighted by Gasteiger charge is -2.11. The van der Waals surface area contributed by atoms with Crippen molar-refractivity contribution in [2.24, 2.45) is 11.0 Å². The summed E-state index contributed by atoms with van der Waals surface area (Å²) in [4.78, 5) is 11.9. The number of anilines is 1. The zero-order valence-electron chi connectivity index (χ0n) is 9.72. The monoisotopic (exact) mass is 230 g/mol. The summed E-state index contributed by atoms with van der Waals surface area (Å²) in [6.45, 7) is 0. The highest BCUT2D eigenvalue weighted by molar-refractivity contribution is 6.14. The van der Waals surface area contributed by atoms with E-state index in [9.17, 15) is 4.79 Å². The van der Waals surface area contributed by atoms with Crippen LogP contribution < -0.4 is 9.75 Å². The smallest absolute Gasteiger partial charge is 0.253 e. The number of ether oxygens (including phenoxy) is 1. The molecule has 17 heavy (non-hydrogen) atoms. The second-order valence-corrected chi connectivity index (χ2v) is 4.45. The topological polar surface area (TPSA) is 41.9 Å². The van der Waals surface area contributed by atoms with Gasteiger partial charge in [0.05, 0.1) is 24.9 Å². The van der Waals surface area contributed by atoms with Crippen molar-refractivity contribution < 1.29 is 9.53 Å². The molecule has 0 saturated heterocycles. The lowest BCUT2D eigenvalue weighted by atomic mass is 10.2. The van der Waals surface area contributed by atoms with Gasteiger partial charge in [-0.2, -0.15) is 5.10 Å². The number of rotatable bonds is 3. The number of amides is 1. The number of carbonyl (C=O) groups is 1. The van der Waals surface area contributed by atoms with E-state index in [-0.39, 0.29) is 5.91 Å². The van der Waals surface area contributed by atoms with Gasteiger partial charge in [0.2, 0.25) is 0 Å². The van der Waals surface area contributed by atoms with Crippen LogP contribution in [-0.2, 0) is 4.79 Å². The third kappa shape index (κ3) is 1.90. The van der Waals surface area contributed by atoms with E-state index in [0.717, 1.165) is 17.1 Å². The van der Waals surface area contributed by atoms with Gasteiger partial charge in [-0.25, -0.2) is 5.01 Å². The van der Waals surface area contributed by atoms with Crippen molar-refractivity contribution in [3.05, 3.63) is 24.3 Å². The Labute approximate surface area is 99.9 Å². The predicted octanol–water partition coefficient (Wildman–Crippen LogP) is 2.20. The summed E-state index contributed by atoms with van der Waals surface area (Å²) in [5, 5.41) is 5.92. The van der Waals surface area contributed by atoms with Gasteiger partial charge in [-0.15, -0.1) is 0 Å². The molecular weight excluding hydrogens is 216 g/mol. The molecule has 88 valence electrons. The van der Waals surface area contributed by atoms with E-state index in [2.05, 4.69) is 5.10 Å². The molecule has 1 heterocycles. The Morgan fingerprint density at radius 2 is 2.00 bits per heavy atom. The van der Waals surface area contributed by atoms with Gasteiger partial charge in [-0.3, -0.25) is 4.79 Å². The Bertz CT molecular complexity index is 475. The van der Waals surface area contributed by atoms with Gasteiger partial charge < -0.3 is 4.74 Å². The van der Waals surface area contributed by atoms with Crippen molar-refractivity contribution in [3.63, 3.8) is 0 Å². The second-order valence-electron chi connectivity index (χ2n) is 4.45. The first-order valence-electron chi connectivity index (χ1n) is 5.82. The Balaban J connectivity index is 1.84. The average Bonchev–Trinajstić information content (AvgIpc) is 3.13. The van der Waals surface area contributed by atoms with Crippen molar-refractivity contribution in [1.29, 1.82) is 0 Å². The van der Waals surface area contributed by atoms with Crippen molar-refractivity contribution in [1.82, 2.24) is 0 Å². The molecule has 1 aromatic carbocycles. The van der Waals surface area contributed by atoms with Gasteiger partial charge in [0.1, 0.15) is 5.75 Å². The van der Waals surface area contributed by atoms with Crippen molar-refractivity contribution in [3.8, 4) is 5.75 Å². The van der Waals surface area contributed by atoms with E-state index >= 15 is 0 Å². The minimum absolute atomic E-state index is 0.0667. The number of nitrogens with zero attached hydrogens (tertiary/aromatic N) is 2. The molecule has 0 spiro atoms. The Kier molecular flexibility index (Phi) is 2.35. The minimum Gasteiger partial charge on any atom is -0.497 e. The number of methoxy groups -OCH3 is 1. The minimum atomic E-state index is 0.0667. The third-order valence-electron chi connectivity index (χ3n) is 3.16. The highest BCUT2D eigenvalue weighted by Gasteiger charge is 2.35. The molecule has 0 atom stereocenters. The molecule has 4 heteroatoms. The van der Waals surface area contributed by atoms with E-state index in [1.807, 2.05) is 24.3 Å². The van der Waals surface area contributed by atoms with Gasteiger partial charge in [0, 0.05) is 0 Å². The standard InChI is InChI=1S/C13H14N2O2/c1-17-11-6-4-10(5-7-11)15-13(16)8-12(14-15)9-2-3-9/h4-7,9H,2-3,8H2,1H3. The first kappa shape index (κ1) is 10.3. The van der Waals surface area contributed by atoms with Gasteiger partial charge in [-0.05, 0) is 43.0 Å². The highest BCUT2D eigenvalue weighted by Crippen LogP contribution is 2.35. The number of hydrazone groups is 1. The fourth-order valence-electron chi connectivity index (χ4n) is 2.02. The van der Waals surface area contributed by atoms with Crippen LogP contribution in [-0.4, -0.2) is 18.7 Å². The predicted molar refractivity (Wildman–Crippen MR) is 65.3 cm³/mol. The van der Waals surface area contributed by atoms with Crippen molar-refractivity contribution in [2.75, 3.05) is 12.1 Å². The molecule has 4 nitrogen and oxygen atoms in total. The van der Waals surface area contributed by atoms with Crippen LogP contribution in [0.1, 0.15) is 19.3 Å². The van der Waals surface area contributed by atoms with Crippen LogP contribution in [0.3, 0.4) is 0 Å². The molecule has 1 aliphatic heterocycles. The summed E-state index contributed by atoms with van der Waals surface area (Å²) in [5.41, 5.74) is 1.86. The molecule has 0 radical (unpaired) electrons. The molecular formula is C13H14N2O2. The largest absolute Gasteiger partial charge is 0.497 e. The lowest BCUT2D eigenvalue weighted by Crippen LogP contribution is -2.19. The zero-order chi connectivity index (χ0) is 11.8. The zero-order valence-corrected chi connectivity index (χ0v) is 9.72. The number of hydrogen-bond acceptors (Lipinski definition) is 3. The van der Waals surface area contributed by atoms with E-state index in [0.29, 0.717) is 12.3 Å². The third-order valence-corrected chi connectivity index (χ3v) is 3.16. The summed E-state index contributed by atoms with van der Waals surface area (Å²) < 4.78 is 5.09. The number of carbonyl (C=O) groups excluding carboxylic acids is 1. The van der Waals surface area contributed by atoms with E-state index < -0.39 is 0 Å². The number of hydrogen-bond donors (Lipinski definition) is 0. The van der Waals surface area contributed by atoms with Crippen LogP contribution in [0, 0.1) is 5.92 Å². The second kappa shape index (κ2) is 3.87. The van der Waals surface area contributed by atoms with E-state index in [4.69, 9.17) is 4.74 Å². The summed E-state index contributed by atoms with van der Waals surface area (Å²) in [5.74, 6) is 1.41. The first-order valence-corrected chi connectivity index (χ1v) is 5.82. The first-order chi connectivity index (χ1) is 8.28. The average molecular weight is 230 g/mol. The van der Waals surface area contributed by atoms with Crippen LogP contribution in [0.4, 0.5) is 5.69 Å². The summed E-state index contributed by atoms with van der Waals surface area (Å²) in [6, 6.07) is 7.40. The molecule has 0 aromatic heterocycles. The molecule has 0 N–H and O–H groups in total. The number of benzene rings is 1. The van der Waals surface area contributed by atoms with Crippen LogP contribution >= 0.6 is 0 Å². The van der Waals surface area contributed by atoms with Crippen LogP contribution in [0.15, 0.2) is 29.4 Å². The van der Waals surface area contributed by atoms with Gasteiger partial charge in [0.25, 0.3) is 5.91 Å². The molecule has 1 aromatic rings. The molecule has 1 amide bonds. The molecule has 3 rings (SSSR count). The van der Waals surface area contributed by atoms with E-state index in [1.54, 1.807) is 7.11 Å². The van der Waals surface area contributed by atoms with Crippen molar-refractivity contribution >= 4 is 17.3 Å². The highest BCUT2D eigenvalue weighted by atomic mass is 16.5. The Hall–Kier alpha value is -1.84. The molecule has 1 aliphatic carbocycles. The fraction of sp³-hybridized carbons (Fsp3) is 0.385.